The Morgan fingerprint density at radius 2 is 1.77 bits per heavy atom. The molecule has 3 aromatic rings. The number of nitrogens with one attached hydrogen (secondary N) is 1. The first-order chi connectivity index (χ1) is 15.0. The number of hydrogen-bond acceptors (Lipinski definition) is 3. The van der Waals surface area contributed by atoms with Crippen molar-refractivity contribution in [2.75, 3.05) is 16.8 Å². The van der Waals surface area contributed by atoms with Crippen LogP contribution in [0.4, 0.5) is 15.8 Å². The summed E-state index contributed by atoms with van der Waals surface area (Å²) in [5, 5.41) is 2.85. The van der Waals surface area contributed by atoms with Crippen LogP contribution in [-0.2, 0) is 22.4 Å². The van der Waals surface area contributed by atoms with Crippen LogP contribution in [0.1, 0.15) is 18.1 Å². The first kappa shape index (κ1) is 20.6. The lowest BCUT2D eigenvalue weighted by molar-refractivity contribution is -0.125. The third-order valence-electron chi connectivity index (χ3n) is 5.20. The maximum absolute atomic E-state index is 13.1. The van der Waals surface area contributed by atoms with E-state index < -0.39 is 6.10 Å². The van der Waals surface area contributed by atoms with Gasteiger partial charge in [-0.15, -0.1) is 0 Å². The molecule has 0 saturated heterocycles. The molecule has 0 bridgehead atoms. The fourth-order valence-electron chi connectivity index (χ4n) is 3.59. The van der Waals surface area contributed by atoms with Crippen LogP contribution in [0.25, 0.3) is 0 Å². The Bertz CT molecular complexity index is 1080. The molecule has 158 valence electrons. The molecule has 6 heteroatoms. The van der Waals surface area contributed by atoms with E-state index in [1.807, 2.05) is 30.3 Å². The zero-order chi connectivity index (χ0) is 21.8. The number of amides is 2. The van der Waals surface area contributed by atoms with Crippen LogP contribution in [0.15, 0.2) is 72.8 Å². The molecule has 1 unspecified atom stereocenters. The predicted molar refractivity (Wildman–Crippen MR) is 118 cm³/mol. The zero-order valence-electron chi connectivity index (χ0n) is 17.2. The van der Waals surface area contributed by atoms with Crippen molar-refractivity contribution in [1.82, 2.24) is 0 Å². The number of halogens is 1. The van der Waals surface area contributed by atoms with Gasteiger partial charge in [0.1, 0.15) is 11.6 Å². The second kappa shape index (κ2) is 9.00. The highest BCUT2D eigenvalue weighted by atomic mass is 19.1. The molecular weight excluding hydrogens is 395 g/mol. The number of carbonyl (C=O) groups is 2. The van der Waals surface area contributed by atoms with E-state index in [-0.39, 0.29) is 24.1 Å². The molecule has 0 saturated carbocycles. The number of carbonyl (C=O) groups excluding carboxylic acids is 2. The van der Waals surface area contributed by atoms with Crippen LogP contribution in [-0.4, -0.2) is 24.5 Å². The number of rotatable bonds is 6. The van der Waals surface area contributed by atoms with Crippen molar-refractivity contribution in [3.63, 3.8) is 0 Å². The molecule has 1 aliphatic heterocycles. The summed E-state index contributed by atoms with van der Waals surface area (Å²) >= 11 is 0. The minimum Gasteiger partial charge on any atom is -0.479 e. The van der Waals surface area contributed by atoms with Gasteiger partial charge in [-0.1, -0.05) is 42.5 Å². The van der Waals surface area contributed by atoms with Gasteiger partial charge in [-0.05, 0) is 54.8 Å². The van der Waals surface area contributed by atoms with E-state index >= 15 is 0 Å². The summed E-state index contributed by atoms with van der Waals surface area (Å²) in [5.74, 6) is -0.0675. The van der Waals surface area contributed by atoms with Crippen molar-refractivity contribution in [3.05, 3.63) is 89.7 Å². The van der Waals surface area contributed by atoms with Crippen LogP contribution in [0, 0.1) is 5.82 Å². The van der Waals surface area contributed by atoms with Crippen molar-refractivity contribution >= 4 is 23.2 Å². The first-order valence-corrected chi connectivity index (χ1v) is 10.2. The number of nitrogens with zero attached hydrogens (tertiary/aromatic N) is 1. The molecule has 1 aliphatic rings. The maximum atomic E-state index is 13.1. The molecular formula is C25H23FN2O3. The Balaban J connectivity index is 1.50. The second-order valence-corrected chi connectivity index (χ2v) is 7.52. The largest absolute Gasteiger partial charge is 0.479 e. The topological polar surface area (TPSA) is 58.6 Å². The Morgan fingerprint density at radius 1 is 1.03 bits per heavy atom. The maximum Gasteiger partial charge on any atom is 0.267 e. The fourth-order valence-corrected chi connectivity index (χ4v) is 3.59. The van der Waals surface area contributed by atoms with E-state index in [9.17, 15) is 14.0 Å². The predicted octanol–water partition coefficient (Wildman–Crippen LogP) is 4.36. The normalized spacial score (nSPS) is 15.2. The Morgan fingerprint density at radius 3 is 2.52 bits per heavy atom. The highest BCUT2D eigenvalue weighted by molar-refractivity contribution is 6.01. The lowest BCUT2D eigenvalue weighted by Crippen LogP contribution is -2.45. The molecule has 31 heavy (non-hydrogen) atoms. The van der Waals surface area contributed by atoms with E-state index in [2.05, 4.69) is 5.32 Å². The van der Waals surface area contributed by atoms with Gasteiger partial charge < -0.3 is 15.0 Å². The molecule has 5 nitrogen and oxygen atoms in total. The third kappa shape index (κ3) is 4.91. The van der Waals surface area contributed by atoms with Crippen LogP contribution < -0.4 is 15.0 Å². The van der Waals surface area contributed by atoms with Gasteiger partial charge in [0.15, 0.2) is 6.10 Å². The lowest BCUT2D eigenvalue weighted by Gasteiger charge is -2.33. The van der Waals surface area contributed by atoms with Crippen molar-refractivity contribution in [2.24, 2.45) is 0 Å². The summed E-state index contributed by atoms with van der Waals surface area (Å²) in [6, 6.07) is 21.1. The van der Waals surface area contributed by atoms with E-state index in [4.69, 9.17) is 4.74 Å². The highest BCUT2D eigenvalue weighted by Gasteiger charge is 2.31. The van der Waals surface area contributed by atoms with Crippen LogP contribution in [0.2, 0.25) is 0 Å². The summed E-state index contributed by atoms with van der Waals surface area (Å²) in [4.78, 5) is 26.9. The van der Waals surface area contributed by atoms with Gasteiger partial charge in [0.05, 0.1) is 12.1 Å². The average Bonchev–Trinajstić information content (AvgIpc) is 2.77. The second-order valence-electron chi connectivity index (χ2n) is 7.52. The number of anilines is 2. The summed E-state index contributed by atoms with van der Waals surface area (Å²) in [7, 11) is 0. The molecule has 0 radical (unpaired) electrons. The number of fused-ring (bicyclic) bond motifs is 1. The first-order valence-electron chi connectivity index (χ1n) is 10.2. The SMILES string of the molecule is CC1Oc2ccc(NC(=O)Cc3ccc(F)cc3)cc2N(CCc2ccccc2)C1=O. The Kier molecular flexibility index (Phi) is 5.98. The highest BCUT2D eigenvalue weighted by Crippen LogP contribution is 2.36. The summed E-state index contributed by atoms with van der Waals surface area (Å²) in [6.45, 7) is 2.25. The van der Waals surface area contributed by atoms with Gasteiger partial charge in [0, 0.05) is 12.2 Å². The lowest BCUT2D eigenvalue weighted by atomic mass is 10.1. The standard InChI is InChI=1S/C25H23FN2O3/c1-17-25(30)28(14-13-18-5-3-2-4-6-18)22-16-21(11-12-23(22)31-17)27-24(29)15-19-7-9-20(26)10-8-19/h2-12,16-17H,13-15H2,1H3,(H,27,29). The molecule has 0 spiro atoms. The zero-order valence-corrected chi connectivity index (χ0v) is 17.2. The van der Waals surface area contributed by atoms with Gasteiger partial charge in [0.2, 0.25) is 5.91 Å². The molecule has 1 atom stereocenters. The van der Waals surface area contributed by atoms with Crippen LogP contribution in [0.5, 0.6) is 5.75 Å². The summed E-state index contributed by atoms with van der Waals surface area (Å²) in [5.41, 5.74) is 3.06. The fraction of sp³-hybridized carbons (Fsp3) is 0.200. The monoisotopic (exact) mass is 418 g/mol. The van der Waals surface area contributed by atoms with E-state index in [1.54, 1.807) is 42.2 Å². The smallest absolute Gasteiger partial charge is 0.267 e. The van der Waals surface area contributed by atoms with Gasteiger partial charge in [0.25, 0.3) is 5.91 Å². The molecule has 1 heterocycles. The minimum absolute atomic E-state index is 0.113. The number of ether oxygens (including phenoxy) is 1. The number of hydrogen-bond donors (Lipinski definition) is 1. The molecule has 0 fully saturated rings. The summed E-state index contributed by atoms with van der Waals surface area (Å²) < 4.78 is 18.8. The van der Waals surface area contributed by atoms with E-state index in [1.165, 1.54) is 12.1 Å². The Hall–Kier alpha value is -3.67. The van der Waals surface area contributed by atoms with Crippen LogP contribution in [0.3, 0.4) is 0 Å². The van der Waals surface area contributed by atoms with Crippen molar-refractivity contribution in [2.45, 2.75) is 25.9 Å². The minimum atomic E-state index is -0.567. The third-order valence-corrected chi connectivity index (χ3v) is 5.20. The van der Waals surface area contributed by atoms with Crippen molar-refractivity contribution in [1.29, 1.82) is 0 Å². The van der Waals surface area contributed by atoms with Crippen LogP contribution >= 0.6 is 0 Å². The molecule has 2 amide bonds. The molecule has 3 aromatic carbocycles. The van der Waals surface area contributed by atoms with Crippen molar-refractivity contribution < 1.29 is 18.7 Å². The molecule has 0 aliphatic carbocycles. The van der Waals surface area contributed by atoms with Gasteiger partial charge >= 0.3 is 0 Å². The van der Waals surface area contributed by atoms with Gasteiger partial charge in [-0.2, -0.15) is 0 Å². The van der Waals surface area contributed by atoms with Crippen molar-refractivity contribution in [3.8, 4) is 5.75 Å². The van der Waals surface area contributed by atoms with E-state index in [0.29, 0.717) is 35.7 Å². The van der Waals surface area contributed by atoms with E-state index in [0.717, 1.165) is 5.56 Å². The average molecular weight is 418 g/mol. The summed E-state index contributed by atoms with van der Waals surface area (Å²) in [6.07, 6.45) is 0.267. The molecule has 1 N–H and O–H groups in total. The Labute approximate surface area is 180 Å². The molecule has 0 aromatic heterocycles. The quantitative estimate of drug-likeness (QED) is 0.647. The number of benzene rings is 3. The molecule has 4 rings (SSSR count). The van der Waals surface area contributed by atoms with Gasteiger partial charge in [-0.3, -0.25) is 9.59 Å². The van der Waals surface area contributed by atoms with Gasteiger partial charge in [-0.25, -0.2) is 4.39 Å².